The summed E-state index contributed by atoms with van der Waals surface area (Å²) in [5.74, 6) is 1.88. The van der Waals surface area contributed by atoms with Crippen molar-refractivity contribution in [3.8, 4) is 11.5 Å². The molecule has 31 heavy (non-hydrogen) atoms. The number of aliphatic hydroxyl groups is 1. The number of carbonyl (C=O) groups is 1. The second-order valence-electron chi connectivity index (χ2n) is 9.24. The summed E-state index contributed by atoms with van der Waals surface area (Å²) in [5, 5.41) is 12.0. The van der Waals surface area contributed by atoms with E-state index in [9.17, 15) is 9.90 Å². The van der Waals surface area contributed by atoms with Crippen molar-refractivity contribution >= 4 is 5.91 Å². The molecule has 0 bridgehead atoms. The van der Waals surface area contributed by atoms with E-state index in [0.29, 0.717) is 31.2 Å². The number of carbonyl (C=O) groups excluding carboxylic acids is 1. The lowest BCUT2D eigenvalue weighted by Crippen LogP contribution is -2.45. The van der Waals surface area contributed by atoms with Gasteiger partial charge in [0.25, 0.3) is 0 Å². The van der Waals surface area contributed by atoms with Crippen LogP contribution in [0, 0.1) is 17.8 Å². The van der Waals surface area contributed by atoms with Crippen LogP contribution >= 0.6 is 0 Å². The highest BCUT2D eigenvalue weighted by atomic mass is 16.5. The Morgan fingerprint density at radius 1 is 1.06 bits per heavy atom. The first-order valence-corrected chi connectivity index (χ1v) is 11.2. The summed E-state index contributed by atoms with van der Waals surface area (Å²) in [5.41, 5.74) is 0.738. The molecule has 1 saturated carbocycles. The van der Waals surface area contributed by atoms with E-state index in [0.717, 1.165) is 23.3 Å². The summed E-state index contributed by atoms with van der Waals surface area (Å²) < 4.78 is 11.1. The van der Waals surface area contributed by atoms with Crippen molar-refractivity contribution in [1.29, 1.82) is 0 Å². The number of fused-ring (bicyclic) bond motifs is 1. The van der Waals surface area contributed by atoms with Gasteiger partial charge in [-0.2, -0.15) is 0 Å². The molecule has 5 atom stereocenters. The molecule has 2 aromatic carbocycles. The number of benzene rings is 2. The molecule has 5 nitrogen and oxygen atoms in total. The van der Waals surface area contributed by atoms with Gasteiger partial charge in [-0.25, -0.2) is 0 Å². The molecule has 2 aliphatic rings. The lowest BCUT2D eigenvalue weighted by molar-refractivity contribution is -0.132. The molecule has 0 aromatic heterocycles. The maximum Gasteiger partial charge on any atom is 0.229 e. The fraction of sp³-hybridized carbons (Fsp3) is 0.500. The van der Waals surface area contributed by atoms with E-state index in [1.54, 1.807) is 14.2 Å². The van der Waals surface area contributed by atoms with E-state index in [-0.39, 0.29) is 23.7 Å². The Hall–Kier alpha value is -2.53. The van der Waals surface area contributed by atoms with Crippen LogP contribution in [0.4, 0.5) is 0 Å². The highest BCUT2D eigenvalue weighted by Crippen LogP contribution is 2.52. The maximum absolute atomic E-state index is 13.5. The van der Waals surface area contributed by atoms with E-state index >= 15 is 0 Å². The van der Waals surface area contributed by atoms with Crippen molar-refractivity contribution in [2.75, 3.05) is 27.3 Å². The van der Waals surface area contributed by atoms with Crippen LogP contribution in [0.25, 0.3) is 0 Å². The zero-order valence-corrected chi connectivity index (χ0v) is 18.9. The largest absolute Gasteiger partial charge is 0.496 e. The Balaban J connectivity index is 1.62. The first-order chi connectivity index (χ1) is 14.9. The number of amides is 1. The topological polar surface area (TPSA) is 59.0 Å². The zero-order valence-electron chi connectivity index (χ0n) is 18.9. The van der Waals surface area contributed by atoms with Gasteiger partial charge in [-0.3, -0.25) is 4.79 Å². The van der Waals surface area contributed by atoms with Crippen LogP contribution in [0.1, 0.15) is 43.7 Å². The molecular formula is C26H33NO4. The second kappa shape index (κ2) is 8.54. The van der Waals surface area contributed by atoms with Gasteiger partial charge in [-0.15, -0.1) is 0 Å². The SMILES string of the molecule is COc1ccccc1C(C)C(=O)N1C[C@@H]2CC(C)CC(O)(c3ccccc3OC)[C@@H]2C1. The van der Waals surface area contributed by atoms with Crippen LogP contribution in [0.2, 0.25) is 0 Å². The van der Waals surface area contributed by atoms with Crippen LogP contribution in [0.3, 0.4) is 0 Å². The number of nitrogens with zero attached hydrogens (tertiary/aromatic N) is 1. The molecule has 1 amide bonds. The number of rotatable bonds is 5. The van der Waals surface area contributed by atoms with Crippen molar-refractivity contribution in [1.82, 2.24) is 4.90 Å². The van der Waals surface area contributed by atoms with Gasteiger partial charge in [-0.1, -0.05) is 43.3 Å². The lowest BCUT2D eigenvalue weighted by Gasteiger charge is -2.44. The Bertz CT molecular complexity index is 945. The van der Waals surface area contributed by atoms with Gasteiger partial charge in [0.15, 0.2) is 0 Å². The van der Waals surface area contributed by atoms with Crippen molar-refractivity contribution in [2.24, 2.45) is 17.8 Å². The van der Waals surface area contributed by atoms with E-state index in [2.05, 4.69) is 6.92 Å². The van der Waals surface area contributed by atoms with Crippen molar-refractivity contribution < 1.29 is 19.4 Å². The van der Waals surface area contributed by atoms with Gasteiger partial charge >= 0.3 is 0 Å². The number of hydrogen-bond acceptors (Lipinski definition) is 4. The van der Waals surface area contributed by atoms with E-state index in [1.807, 2.05) is 60.4 Å². The molecule has 0 spiro atoms. The average molecular weight is 424 g/mol. The van der Waals surface area contributed by atoms with Gasteiger partial charge in [0.05, 0.1) is 25.7 Å². The van der Waals surface area contributed by atoms with Gasteiger partial charge in [-0.05, 0) is 43.7 Å². The zero-order chi connectivity index (χ0) is 22.2. The van der Waals surface area contributed by atoms with Crippen LogP contribution < -0.4 is 9.47 Å². The van der Waals surface area contributed by atoms with E-state index in [4.69, 9.17) is 9.47 Å². The molecule has 2 fully saturated rings. The third kappa shape index (κ3) is 3.80. The fourth-order valence-electron chi connectivity index (χ4n) is 5.86. The number of likely N-dealkylation sites (tertiary alicyclic amines) is 1. The van der Waals surface area contributed by atoms with E-state index in [1.165, 1.54) is 0 Å². The van der Waals surface area contributed by atoms with Crippen LogP contribution in [0.15, 0.2) is 48.5 Å². The van der Waals surface area contributed by atoms with Crippen LogP contribution in [0.5, 0.6) is 11.5 Å². The molecule has 1 saturated heterocycles. The van der Waals surface area contributed by atoms with Gasteiger partial charge in [0.1, 0.15) is 11.5 Å². The summed E-state index contributed by atoms with van der Waals surface area (Å²) in [7, 11) is 3.28. The Kier molecular flexibility index (Phi) is 5.98. The molecule has 1 aliphatic heterocycles. The second-order valence-corrected chi connectivity index (χ2v) is 9.24. The third-order valence-corrected chi connectivity index (χ3v) is 7.28. The highest BCUT2D eigenvalue weighted by Gasteiger charge is 2.53. The van der Waals surface area contributed by atoms with Crippen molar-refractivity contribution in [3.63, 3.8) is 0 Å². The van der Waals surface area contributed by atoms with E-state index < -0.39 is 5.60 Å². The summed E-state index contributed by atoms with van der Waals surface area (Å²) in [6.07, 6.45) is 1.70. The molecule has 1 heterocycles. The fourth-order valence-corrected chi connectivity index (χ4v) is 5.86. The highest BCUT2D eigenvalue weighted by molar-refractivity contribution is 5.84. The maximum atomic E-state index is 13.5. The number of para-hydroxylation sites is 2. The molecule has 1 aliphatic carbocycles. The standard InChI is InChI=1S/C26H33NO4/c1-17-13-19-15-27(25(28)18(2)20-9-5-7-11-23(20)30-3)16-22(19)26(29,14-17)21-10-6-8-12-24(21)31-4/h5-12,17-19,22,29H,13-16H2,1-4H3/t17?,18?,19-,22+,26?/m0/s1. The molecule has 1 N–H and O–H groups in total. The molecule has 166 valence electrons. The van der Waals surface area contributed by atoms with Crippen molar-refractivity contribution in [3.05, 3.63) is 59.7 Å². The predicted molar refractivity (Wildman–Crippen MR) is 120 cm³/mol. The normalized spacial score (nSPS) is 28.7. The number of methoxy groups -OCH3 is 2. The van der Waals surface area contributed by atoms with Crippen LogP contribution in [-0.2, 0) is 10.4 Å². The summed E-state index contributed by atoms with van der Waals surface area (Å²) in [4.78, 5) is 15.4. The predicted octanol–water partition coefficient (Wildman–Crippen LogP) is 4.20. The molecule has 0 radical (unpaired) electrons. The first-order valence-electron chi connectivity index (χ1n) is 11.2. The van der Waals surface area contributed by atoms with Crippen molar-refractivity contribution in [2.45, 2.75) is 38.2 Å². The Labute approximate surface area is 185 Å². The van der Waals surface area contributed by atoms with Gasteiger partial charge < -0.3 is 19.5 Å². The first kappa shape index (κ1) is 21.7. The molecule has 5 heteroatoms. The average Bonchev–Trinajstić information content (AvgIpc) is 3.22. The number of ether oxygens (including phenoxy) is 2. The Morgan fingerprint density at radius 3 is 2.42 bits per heavy atom. The molecule has 3 unspecified atom stereocenters. The Morgan fingerprint density at radius 2 is 1.71 bits per heavy atom. The lowest BCUT2D eigenvalue weighted by atomic mass is 9.64. The minimum absolute atomic E-state index is 0.00572. The van der Waals surface area contributed by atoms with Crippen LogP contribution in [-0.4, -0.2) is 43.2 Å². The van der Waals surface area contributed by atoms with Gasteiger partial charge in [0, 0.05) is 30.1 Å². The summed E-state index contributed by atoms with van der Waals surface area (Å²) in [6.45, 7) is 5.38. The minimum Gasteiger partial charge on any atom is -0.496 e. The molecular weight excluding hydrogens is 390 g/mol. The minimum atomic E-state index is -1.00. The quantitative estimate of drug-likeness (QED) is 0.783. The van der Waals surface area contributed by atoms with Gasteiger partial charge in [0.2, 0.25) is 5.91 Å². The third-order valence-electron chi connectivity index (χ3n) is 7.28. The molecule has 4 rings (SSSR count). The number of hydrogen-bond donors (Lipinski definition) is 1. The molecule has 2 aromatic rings. The summed E-state index contributed by atoms with van der Waals surface area (Å²) in [6, 6.07) is 15.5. The summed E-state index contributed by atoms with van der Waals surface area (Å²) >= 11 is 0. The monoisotopic (exact) mass is 423 g/mol. The smallest absolute Gasteiger partial charge is 0.229 e.